The quantitative estimate of drug-likeness (QED) is 0.347. The lowest BCUT2D eigenvalue weighted by molar-refractivity contribution is 0.102. The number of carbonyl (C=O) groups is 1. The average Bonchev–Trinajstić information content (AvgIpc) is 3.22. The van der Waals surface area contributed by atoms with Crippen LogP contribution in [0.2, 0.25) is 0 Å². The number of benzene rings is 2. The van der Waals surface area contributed by atoms with Crippen molar-refractivity contribution < 1.29 is 4.79 Å². The van der Waals surface area contributed by atoms with Crippen molar-refractivity contribution in [3.05, 3.63) is 80.1 Å². The molecule has 1 amide bonds. The second kappa shape index (κ2) is 7.73. The smallest absolute Gasteiger partial charge is 0.256 e. The summed E-state index contributed by atoms with van der Waals surface area (Å²) in [6, 6.07) is 14.0. The van der Waals surface area contributed by atoms with Crippen LogP contribution in [0.1, 0.15) is 32.6 Å². The van der Waals surface area contributed by atoms with Crippen LogP contribution in [0.5, 0.6) is 0 Å². The fraction of sp³-hybridized carbons (Fsp3) is 0.167. The molecule has 0 aliphatic rings. The highest BCUT2D eigenvalue weighted by atomic mass is 79.9. The first kappa shape index (κ1) is 19.8. The molecular formula is C24H21BrN2OS. The Morgan fingerprint density at radius 1 is 1.03 bits per heavy atom. The van der Waals surface area contributed by atoms with Crippen molar-refractivity contribution in [1.82, 2.24) is 4.98 Å². The number of aryl methyl sites for hydroxylation is 2. The van der Waals surface area contributed by atoms with Gasteiger partial charge in [0.15, 0.2) is 0 Å². The third-order valence-corrected chi connectivity index (χ3v) is 6.99. The maximum atomic E-state index is 13.4. The number of thiophene rings is 1. The number of hydrogen-bond acceptors (Lipinski definition) is 3. The molecule has 0 radical (unpaired) electrons. The van der Waals surface area contributed by atoms with E-state index in [9.17, 15) is 4.79 Å². The zero-order valence-electron chi connectivity index (χ0n) is 16.8. The molecule has 0 atom stereocenters. The van der Waals surface area contributed by atoms with Crippen molar-refractivity contribution in [2.24, 2.45) is 0 Å². The van der Waals surface area contributed by atoms with Gasteiger partial charge in [-0.2, -0.15) is 0 Å². The number of amides is 1. The fourth-order valence-corrected chi connectivity index (χ4v) is 4.65. The fourth-order valence-electron chi connectivity index (χ4n) is 3.53. The van der Waals surface area contributed by atoms with Crippen molar-refractivity contribution in [2.45, 2.75) is 27.7 Å². The molecule has 5 heteroatoms. The van der Waals surface area contributed by atoms with Crippen LogP contribution < -0.4 is 5.32 Å². The molecule has 0 aliphatic heterocycles. The van der Waals surface area contributed by atoms with E-state index in [1.165, 1.54) is 0 Å². The number of nitrogens with zero attached hydrogens (tertiary/aromatic N) is 1. The van der Waals surface area contributed by atoms with Gasteiger partial charge in [0.05, 0.1) is 21.7 Å². The highest BCUT2D eigenvalue weighted by molar-refractivity contribution is 9.10. The molecule has 0 bridgehead atoms. The second-order valence-electron chi connectivity index (χ2n) is 7.31. The Balaban J connectivity index is 1.87. The Morgan fingerprint density at radius 3 is 2.55 bits per heavy atom. The molecule has 4 aromatic rings. The van der Waals surface area contributed by atoms with Gasteiger partial charge >= 0.3 is 0 Å². The van der Waals surface area contributed by atoms with Gasteiger partial charge in [-0.25, -0.2) is 4.98 Å². The van der Waals surface area contributed by atoms with E-state index < -0.39 is 0 Å². The molecule has 0 saturated carbocycles. The van der Waals surface area contributed by atoms with Crippen molar-refractivity contribution in [1.29, 1.82) is 0 Å². The van der Waals surface area contributed by atoms with Crippen LogP contribution in [0.3, 0.4) is 0 Å². The first-order valence-electron chi connectivity index (χ1n) is 9.38. The van der Waals surface area contributed by atoms with E-state index in [-0.39, 0.29) is 5.91 Å². The van der Waals surface area contributed by atoms with Crippen LogP contribution in [0.4, 0.5) is 5.69 Å². The van der Waals surface area contributed by atoms with Gasteiger partial charge in [0, 0.05) is 15.5 Å². The van der Waals surface area contributed by atoms with E-state index in [0.29, 0.717) is 5.56 Å². The molecule has 2 aromatic carbocycles. The molecule has 1 N–H and O–H groups in total. The molecule has 146 valence electrons. The Kier molecular flexibility index (Phi) is 5.28. The van der Waals surface area contributed by atoms with E-state index >= 15 is 0 Å². The number of hydrogen-bond donors (Lipinski definition) is 1. The van der Waals surface area contributed by atoms with E-state index in [2.05, 4.69) is 27.3 Å². The minimum absolute atomic E-state index is 0.120. The number of pyridine rings is 1. The summed E-state index contributed by atoms with van der Waals surface area (Å²) in [6.07, 6.45) is 0. The minimum atomic E-state index is -0.120. The Bertz CT molecular complexity index is 1250. The minimum Gasteiger partial charge on any atom is -0.322 e. The number of nitrogens with one attached hydrogen (secondary N) is 1. The lowest BCUT2D eigenvalue weighted by Gasteiger charge is -2.15. The third-order valence-electron chi connectivity index (χ3n) is 5.24. The van der Waals surface area contributed by atoms with Gasteiger partial charge in [0.25, 0.3) is 5.91 Å². The normalized spacial score (nSPS) is 11.1. The van der Waals surface area contributed by atoms with E-state index in [1.54, 1.807) is 11.3 Å². The lowest BCUT2D eigenvalue weighted by atomic mass is 10.0. The Morgan fingerprint density at radius 2 is 1.83 bits per heavy atom. The zero-order chi connectivity index (χ0) is 20.7. The second-order valence-corrected chi connectivity index (χ2v) is 9.11. The maximum absolute atomic E-state index is 13.4. The Labute approximate surface area is 182 Å². The topological polar surface area (TPSA) is 42.0 Å². The summed E-state index contributed by atoms with van der Waals surface area (Å²) >= 11 is 5.18. The lowest BCUT2D eigenvalue weighted by Crippen LogP contribution is -2.14. The summed E-state index contributed by atoms with van der Waals surface area (Å²) in [5.41, 5.74) is 7.52. The number of rotatable bonds is 3. The molecular weight excluding hydrogens is 444 g/mol. The molecule has 3 nitrogen and oxygen atoms in total. The largest absolute Gasteiger partial charge is 0.322 e. The van der Waals surface area contributed by atoms with Crippen LogP contribution in [-0.4, -0.2) is 10.9 Å². The van der Waals surface area contributed by atoms with Crippen LogP contribution in [0.15, 0.2) is 52.3 Å². The molecule has 2 aromatic heterocycles. The van der Waals surface area contributed by atoms with Gasteiger partial charge in [0.1, 0.15) is 0 Å². The molecule has 0 spiro atoms. The van der Waals surface area contributed by atoms with Crippen molar-refractivity contribution in [3.63, 3.8) is 0 Å². The first-order valence-corrected chi connectivity index (χ1v) is 11.1. The van der Waals surface area contributed by atoms with Gasteiger partial charge in [-0.1, -0.05) is 33.6 Å². The van der Waals surface area contributed by atoms with Crippen molar-refractivity contribution in [2.75, 3.05) is 5.32 Å². The van der Waals surface area contributed by atoms with Gasteiger partial charge in [-0.15, -0.1) is 11.3 Å². The predicted molar refractivity (Wildman–Crippen MR) is 126 cm³/mol. The average molecular weight is 465 g/mol. The summed E-state index contributed by atoms with van der Waals surface area (Å²) in [7, 11) is 0. The first-order chi connectivity index (χ1) is 13.8. The van der Waals surface area contributed by atoms with Crippen molar-refractivity contribution >= 4 is 49.8 Å². The third kappa shape index (κ3) is 3.72. The SMILES string of the molecule is Cc1cc(C)c2nc(-c3cccs3)cc(C(=O)Nc3ccc(Br)c(C)c3C)c2c1. The molecule has 0 aliphatic carbocycles. The number of carbonyl (C=O) groups excluding carboxylic acids is 1. The molecule has 0 fully saturated rings. The van der Waals surface area contributed by atoms with Crippen LogP contribution in [-0.2, 0) is 0 Å². The van der Waals surface area contributed by atoms with Gasteiger partial charge in [0.2, 0.25) is 0 Å². The van der Waals surface area contributed by atoms with Crippen LogP contribution in [0, 0.1) is 27.7 Å². The van der Waals surface area contributed by atoms with Gasteiger partial charge < -0.3 is 5.32 Å². The number of anilines is 1. The summed E-state index contributed by atoms with van der Waals surface area (Å²) in [4.78, 5) is 19.3. The monoisotopic (exact) mass is 464 g/mol. The summed E-state index contributed by atoms with van der Waals surface area (Å²) in [5, 5.41) is 6.02. The summed E-state index contributed by atoms with van der Waals surface area (Å²) in [5.74, 6) is -0.120. The number of fused-ring (bicyclic) bond motifs is 1. The highest BCUT2D eigenvalue weighted by Crippen LogP contribution is 2.31. The van der Waals surface area contributed by atoms with Gasteiger partial charge in [-0.3, -0.25) is 4.79 Å². The molecule has 0 unspecified atom stereocenters. The maximum Gasteiger partial charge on any atom is 0.256 e. The molecule has 2 heterocycles. The molecule has 0 saturated heterocycles. The Hall–Kier alpha value is -2.50. The predicted octanol–water partition coefficient (Wildman–Crippen LogP) is 7.21. The highest BCUT2D eigenvalue weighted by Gasteiger charge is 2.17. The van der Waals surface area contributed by atoms with Crippen LogP contribution in [0.25, 0.3) is 21.5 Å². The standard InChI is InChI=1S/C24H21BrN2OS/c1-13-10-14(2)23-17(11-13)18(12-21(26-23)22-6-5-9-29-22)24(28)27-20-8-7-19(25)15(3)16(20)4/h5-12H,1-4H3,(H,27,28). The zero-order valence-corrected chi connectivity index (χ0v) is 19.2. The van der Waals surface area contributed by atoms with E-state index in [1.807, 2.05) is 69.5 Å². The summed E-state index contributed by atoms with van der Waals surface area (Å²) in [6.45, 7) is 8.15. The van der Waals surface area contributed by atoms with Crippen molar-refractivity contribution in [3.8, 4) is 10.6 Å². The summed E-state index contributed by atoms with van der Waals surface area (Å²) < 4.78 is 1.04. The van der Waals surface area contributed by atoms with Crippen LogP contribution >= 0.6 is 27.3 Å². The molecule has 4 rings (SSSR count). The number of halogens is 1. The van der Waals surface area contributed by atoms with E-state index in [0.717, 1.165) is 53.9 Å². The van der Waals surface area contributed by atoms with E-state index in [4.69, 9.17) is 4.98 Å². The molecule has 29 heavy (non-hydrogen) atoms. The van der Waals surface area contributed by atoms with Gasteiger partial charge in [-0.05, 0) is 80.1 Å². The number of aromatic nitrogens is 1.